The van der Waals surface area contributed by atoms with Gasteiger partial charge in [-0.3, -0.25) is 14.9 Å². The predicted molar refractivity (Wildman–Crippen MR) is 211 cm³/mol. The Morgan fingerprint density at radius 2 is 1.94 bits per heavy atom. The maximum Gasteiger partial charge on any atom is 0.409 e. The summed E-state index contributed by atoms with van der Waals surface area (Å²) in [5, 5.41) is 14.5. The molecule has 3 heterocycles. The van der Waals surface area contributed by atoms with Gasteiger partial charge in [-0.25, -0.2) is 9.59 Å². The number of esters is 1. The zero-order chi connectivity index (χ0) is 40.3. The molecule has 8 atom stereocenters. The van der Waals surface area contributed by atoms with Crippen molar-refractivity contribution < 1.29 is 48.0 Å². The van der Waals surface area contributed by atoms with E-state index in [1.165, 1.54) is 24.0 Å². The number of hydrogen-bond donors (Lipinski definition) is 2. The Bertz CT molecular complexity index is 1660. The van der Waals surface area contributed by atoms with Gasteiger partial charge in [0.2, 0.25) is 11.8 Å². The van der Waals surface area contributed by atoms with Crippen LogP contribution >= 0.6 is 33.2 Å². The van der Waals surface area contributed by atoms with Crippen LogP contribution in [0.15, 0.2) is 35.9 Å². The molecule has 2 saturated heterocycles. The summed E-state index contributed by atoms with van der Waals surface area (Å²) >= 11 is 6.77. The summed E-state index contributed by atoms with van der Waals surface area (Å²) < 4.78 is 28.9. The molecule has 3 aliphatic heterocycles. The van der Waals surface area contributed by atoms with E-state index in [1.54, 1.807) is 80.7 Å². The molecule has 2 fully saturated rings. The summed E-state index contributed by atoms with van der Waals surface area (Å²) in [5.74, 6) is -1.54. The molecule has 2 N–H and O–H groups in total. The number of likely N-dealkylation sites (N-methyl/N-ethyl adjacent to an activating group) is 1. The lowest BCUT2D eigenvalue weighted by Crippen LogP contribution is -2.63. The van der Waals surface area contributed by atoms with Gasteiger partial charge in [-0.2, -0.15) is 0 Å². The zero-order valence-corrected chi connectivity index (χ0v) is 35.3. The van der Waals surface area contributed by atoms with Crippen LogP contribution in [0, 0.1) is 5.92 Å². The maximum atomic E-state index is 14.2. The Morgan fingerprint density at radius 1 is 1.26 bits per heavy atom. The number of epoxide rings is 1. The highest BCUT2D eigenvalue weighted by molar-refractivity contribution is 8.76. The van der Waals surface area contributed by atoms with Crippen LogP contribution in [0.4, 0.5) is 10.5 Å². The SMILES string of the molecule is COc1cc2cc(c1Cl)N(C)C(=O)C[C@H](OC(=O)[C@H](C)N(C)C(=O)CC(C)(C)SSC)[C@@]1(C)O[C@H]1[C@@H](C)[C@@H]1C[C@](O)(NC(=O)O1)[C@@H](OC)/C=C/C=C(\C)C2. The molecule has 16 heteroatoms. The van der Waals surface area contributed by atoms with Crippen LogP contribution in [-0.4, -0.2) is 115 Å². The van der Waals surface area contributed by atoms with Crippen LogP contribution in [0.1, 0.15) is 66.4 Å². The number of methoxy groups -OCH3 is 2. The van der Waals surface area contributed by atoms with Gasteiger partial charge in [0.1, 0.15) is 40.7 Å². The second-order valence-electron chi connectivity index (χ2n) is 15.1. The summed E-state index contributed by atoms with van der Waals surface area (Å²) in [4.78, 5) is 56.9. The molecule has 54 heavy (non-hydrogen) atoms. The van der Waals surface area contributed by atoms with Crippen molar-refractivity contribution in [3.05, 3.63) is 46.5 Å². The van der Waals surface area contributed by atoms with Gasteiger partial charge in [0.15, 0.2) is 5.72 Å². The van der Waals surface area contributed by atoms with Crippen LogP contribution in [0.25, 0.3) is 0 Å². The minimum Gasteiger partial charge on any atom is -0.495 e. The third-order valence-electron chi connectivity index (χ3n) is 10.4. The first-order valence-corrected chi connectivity index (χ1v) is 20.7. The number of ether oxygens (including phenoxy) is 5. The molecule has 0 spiro atoms. The fraction of sp³-hybridized carbons (Fsp3) is 0.632. The van der Waals surface area contributed by atoms with E-state index in [0.717, 1.165) is 11.1 Å². The van der Waals surface area contributed by atoms with Gasteiger partial charge in [-0.05, 0) is 65.0 Å². The minimum absolute atomic E-state index is 0.0489. The first-order chi connectivity index (χ1) is 25.2. The van der Waals surface area contributed by atoms with Crippen molar-refractivity contribution in [2.45, 2.75) is 114 Å². The van der Waals surface area contributed by atoms with Crippen LogP contribution in [-0.2, 0) is 39.8 Å². The average Bonchev–Trinajstić information content (AvgIpc) is 3.79. The van der Waals surface area contributed by atoms with Crippen molar-refractivity contribution >= 4 is 62.8 Å². The van der Waals surface area contributed by atoms with E-state index in [9.17, 15) is 24.3 Å². The number of anilines is 1. The number of nitrogens with one attached hydrogen (secondary N) is 1. The van der Waals surface area contributed by atoms with Crippen molar-refractivity contribution in [1.82, 2.24) is 10.2 Å². The fourth-order valence-corrected chi connectivity index (χ4v) is 9.44. The predicted octanol–water partition coefficient (Wildman–Crippen LogP) is 5.69. The molecule has 0 aliphatic carbocycles. The molecule has 0 saturated carbocycles. The second-order valence-corrected chi connectivity index (χ2v) is 18.6. The van der Waals surface area contributed by atoms with Crippen LogP contribution in [0.5, 0.6) is 5.75 Å². The second kappa shape index (κ2) is 17.5. The molecule has 4 rings (SSSR count). The van der Waals surface area contributed by atoms with Gasteiger partial charge < -0.3 is 38.6 Å². The lowest BCUT2D eigenvalue weighted by atomic mass is 9.83. The van der Waals surface area contributed by atoms with Crippen molar-refractivity contribution in [2.24, 2.45) is 5.92 Å². The Balaban J connectivity index is 1.74. The highest BCUT2D eigenvalue weighted by Crippen LogP contribution is 2.49. The molecule has 0 radical (unpaired) electrons. The highest BCUT2D eigenvalue weighted by atomic mass is 35.5. The van der Waals surface area contributed by atoms with E-state index in [2.05, 4.69) is 5.32 Å². The van der Waals surface area contributed by atoms with Gasteiger partial charge in [-0.1, -0.05) is 63.9 Å². The minimum atomic E-state index is -1.83. The first-order valence-electron chi connectivity index (χ1n) is 17.8. The lowest BCUT2D eigenvalue weighted by Gasteiger charge is -2.42. The number of fused-ring (bicyclic) bond motifs is 5. The third kappa shape index (κ3) is 9.88. The largest absolute Gasteiger partial charge is 0.495 e. The number of rotatable bonds is 9. The Morgan fingerprint density at radius 3 is 2.57 bits per heavy atom. The van der Waals surface area contributed by atoms with E-state index in [4.69, 9.17) is 35.3 Å². The Labute approximate surface area is 331 Å². The average molecular weight is 812 g/mol. The van der Waals surface area contributed by atoms with E-state index >= 15 is 0 Å². The molecule has 0 aromatic heterocycles. The number of carbonyl (C=O) groups is 4. The number of aliphatic hydroxyl groups is 1. The number of allylic oxidation sites excluding steroid dienone is 3. The molecule has 300 valence electrons. The van der Waals surface area contributed by atoms with Crippen LogP contribution in [0.3, 0.4) is 0 Å². The molecule has 1 aromatic carbocycles. The fourth-order valence-electron chi connectivity index (χ4n) is 6.96. The smallest absolute Gasteiger partial charge is 0.409 e. The van der Waals surface area contributed by atoms with E-state index in [1.807, 2.05) is 33.1 Å². The monoisotopic (exact) mass is 811 g/mol. The van der Waals surface area contributed by atoms with Crippen molar-refractivity contribution in [1.29, 1.82) is 0 Å². The number of amides is 3. The lowest BCUT2D eigenvalue weighted by molar-refractivity contribution is -0.162. The number of carbonyl (C=O) groups excluding carboxylic acids is 4. The van der Waals surface area contributed by atoms with Crippen LogP contribution in [0.2, 0.25) is 5.02 Å². The third-order valence-corrected chi connectivity index (χ3v) is 13.4. The van der Waals surface area contributed by atoms with E-state index in [0.29, 0.717) is 17.9 Å². The summed E-state index contributed by atoms with van der Waals surface area (Å²) in [7, 11) is 9.19. The standard InChI is InChI=1S/C38H54ClN3O10S2/c1-21-13-12-14-28(49-10)38(47)19-27(50-35(46)40-38)22(2)33-37(6,52-33)29(51-34(45)23(3)41(7)31(44)20-36(4,5)54-53-11)18-30(43)42(8)25-16-24(15-21)17-26(48-9)32(25)39/h12-14,16-17,22-23,27-29,33,47H,15,18-20H2,1-11H3,(H,40,46)/b14-12+,21-13+/t22-,23-,27-,28-,29-,33-,37+,38+/m0/s1. The first kappa shape index (κ1) is 43.8. The molecule has 3 aliphatic rings. The van der Waals surface area contributed by atoms with Gasteiger partial charge >= 0.3 is 12.1 Å². The van der Waals surface area contributed by atoms with E-state index in [-0.39, 0.29) is 34.9 Å². The quantitative estimate of drug-likeness (QED) is 0.179. The Hall–Kier alpha value is -2.95. The number of hydrogen-bond acceptors (Lipinski definition) is 12. The molecular weight excluding hydrogens is 758 g/mol. The highest BCUT2D eigenvalue weighted by Gasteiger charge is 2.64. The zero-order valence-electron chi connectivity index (χ0n) is 32.9. The molecule has 1 aromatic rings. The van der Waals surface area contributed by atoms with Crippen molar-refractivity contribution in [2.75, 3.05) is 39.5 Å². The summed E-state index contributed by atoms with van der Waals surface area (Å²) in [5.41, 5.74) is -0.907. The number of alkyl carbamates (subject to hydrolysis) is 1. The topological polar surface area (TPSA) is 156 Å². The normalized spacial score (nSPS) is 31.2. The number of nitrogens with zero attached hydrogens (tertiary/aromatic N) is 2. The van der Waals surface area contributed by atoms with Crippen LogP contribution < -0.4 is 15.0 Å². The molecular formula is C38H54ClN3O10S2. The van der Waals surface area contributed by atoms with Gasteiger partial charge in [-0.15, -0.1) is 0 Å². The van der Waals surface area contributed by atoms with Gasteiger partial charge in [0, 0.05) is 44.7 Å². The molecule has 4 bridgehead atoms. The van der Waals surface area contributed by atoms with Crippen molar-refractivity contribution in [3.8, 4) is 5.75 Å². The van der Waals surface area contributed by atoms with Gasteiger partial charge in [0.05, 0.1) is 25.3 Å². The summed E-state index contributed by atoms with van der Waals surface area (Å²) in [6, 6.07) is 2.61. The van der Waals surface area contributed by atoms with E-state index < -0.39 is 65.7 Å². The molecule has 0 unspecified atom stereocenters. The van der Waals surface area contributed by atoms with Gasteiger partial charge in [0.25, 0.3) is 0 Å². The molecule has 13 nitrogen and oxygen atoms in total. The van der Waals surface area contributed by atoms with Crippen molar-refractivity contribution in [3.63, 3.8) is 0 Å². The molecule has 3 amide bonds. The Kier molecular flexibility index (Phi) is 14.2. The number of benzene rings is 1. The summed E-state index contributed by atoms with van der Waals surface area (Å²) in [6.45, 7) is 11.0. The maximum absolute atomic E-state index is 14.2. The number of halogens is 1. The summed E-state index contributed by atoms with van der Waals surface area (Å²) in [6.07, 6.45) is 3.09.